The lowest BCUT2D eigenvalue weighted by Gasteiger charge is -2.44. The number of rotatable bonds is 7. The number of carbonyl (C=O) groups excluding carboxylic acids is 1. The summed E-state index contributed by atoms with van der Waals surface area (Å²) in [7, 11) is 0.987. The highest BCUT2D eigenvalue weighted by atomic mass is 28.4. The van der Waals surface area contributed by atoms with Crippen LogP contribution in [0, 0.1) is 11.3 Å². The van der Waals surface area contributed by atoms with Crippen molar-refractivity contribution in [3.8, 4) is 6.07 Å². The van der Waals surface area contributed by atoms with E-state index in [1.165, 1.54) is 10.4 Å². The summed E-state index contributed by atoms with van der Waals surface area (Å²) in [5, 5.41) is 12.2. The van der Waals surface area contributed by atoms with Crippen molar-refractivity contribution in [1.82, 2.24) is 9.80 Å². The second-order valence-electron chi connectivity index (χ2n) is 12.3. The van der Waals surface area contributed by atoms with Crippen molar-refractivity contribution in [2.75, 3.05) is 20.7 Å². The summed E-state index contributed by atoms with van der Waals surface area (Å²) >= 11 is 0. The van der Waals surface area contributed by atoms with Gasteiger partial charge in [0.05, 0.1) is 30.3 Å². The van der Waals surface area contributed by atoms with Crippen molar-refractivity contribution >= 4 is 24.8 Å². The molecular formula is C31H43N3O3Si. The van der Waals surface area contributed by atoms with Crippen LogP contribution in [-0.2, 0) is 9.16 Å². The third-order valence-electron chi connectivity index (χ3n) is 6.90. The van der Waals surface area contributed by atoms with Gasteiger partial charge in [-0.15, -0.1) is 0 Å². The van der Waals surface area contributed by atoms with Gasteiger partial charge < -0.3 is 14.1 Å². The summed E-state index contributed by atoms with van der Waals surface area (Å²) in [6.07, 6.45) is 2.81. The van der Waals surface area contributed by atoms with E-state index in [0.29, 0.717) is 18.6 Å². The van der Waals surface area contributed by atoms with E-state index < -0.39 is 20.0 Å². The SMILES string of the molecule is CN(C)C=C(C#N)[C@H]1CC[C@@H](CO[Si](c2ccccc2)(c2ccccc2)C(C)(C)C)N1C(=O)OC(C)(C)C. The second kappa shape index (κ2) is 11.8. The third kappa shape index (κ3) is 6.48. The van der Waals surface area contributed by atoms with Crippen LogP contribution in [0.4, 0.5) is 4.79 Å². The molecule has 0 saturated carbocycles. The van der Waals surface area contributed by atoms with Gasteiger partial charge in [0.1, 0.15) is 5.60 Å². The molecule has 0 N–H and O–H groups in total. The summed E-state index contributed by atoms with van der Waals surface area (Å²) in [4.78, 5) is 17.2. The highest BCUT2D eigenvalue weighted by Gasteiger charge is 2.51. The maximum atomic E-state index is 13.6. The van der Waals surface area contributed by atoms with Gasteiger partial charge in [-0.25, -0.2) is 4.79 Å². The standard InChI is InChI=1S/C31H43N3O3Si/c1-30(2,3)37-29(35)34-25(19-20-28(34)24(21-32)22-33(7)8)23-36-38(31(4,5)6,26-15-11-9-12-16-26)27-17-13-10-14-18-27/h9-18,22,25,28H,19-20,23H2,1-8H3/t25-,28+/m0/s1. The molecule has 2 aromatic carbocycles. The predicted octanol–water partition coefficient (Wildman–Crippen LogP) is 5.30. The molecule has 1 aliphatic heterocycles. The molecule has 38 heavy (non-hydrogen) atoms. The van der Waals surface area contributed by atoms with Crippen molar-refractivity contribution in [3.05, 3.63) is 72.4 Å². The topological polar surface area (TPSA) is 65.8 Å². The molecule has 0 spiro atoms. The largest absolute Gasteiger partial charge is 0.444 e. The summed E-state index contributed by atoms with van der Waals surface area (Å²) in [5.74, 6) is 0. The summed E-state index contributed by atoms with van der Waals surface area (Å²) in [6, 6.07) is 22.8. The van der Waals surface area contributed by atoms with Gasteiger partial charge in [0, 0.05) is 20.3 Å². The molecule has 0 bridgehead atoms. The lowest BCUT2D eigenvalue weighted by molar-refractivity contribution is 0.0128. The molecule has 6 nitrogen and oxygen atoms in total. The van der Waals surface area contributed by atoms with Gasteiger partial charge in [0.15, 0.2) is 0 Å². The molecule has 1 aliphatic rings. The van der Waals surface area contributed by atoms with Crippen LogP contribution < -0.4 is 10.4 Å². The zero-order chi connectivity index (χ0) is 28.1. The maximum Gasteiger partial charge on any atom is 0.411 e. The van der Waals surface area contributed by atoms with E-state index in [-0.39, 0.29) is 17.1 Å². The molecule has 7 heteroatoms. The Bertz CT molecular complexity index is 1110. The molecule has 0 radical (unpaired) electrons. The highest BCUT2D eigenvalue weighted by Crippen LogP contribution is 2.38. The fraction of sp³-hybridized carbons (Fsp3) is 0.484. The van der Waals surface area contributed by atoms with Crippen molar-refractivity contribution in [2.45, 2.75) is 77.1 Å². The van der Waals surface area contributed by atoms with Gasteiger partial charge in [0.25, 0.3) is 8.32 Å². The monoisotopic (exact) mass is 533 g/mol. The van der Waals surface area contributed by atoms with Crippen LogP contribution in [0.2, 0.25) is 5.04 Å². The Morgan fingerprint density at radius 3 is 1.95 bits per heavy atom. The van der Waals surface area contributed by atoms with Crippen molar-refractivity contribution in [2.24, 2.45) is 0 Å². The summed E-state index contributed by atoms with van der Waals surface area (Å²) < 4.78 is 13.0. The van der Waals surface area contributed by atoms with Gasteiger partial charge in [-0.05, 0) is 49.0 Å². The van der Waals surface area contributed by atoms with E-state index >= 15 is 0 Å². The number of carbonyl (C=O) groups is 1. The Balaban J connectivity index is 2.05. The number of ether oxygens (including phenoxy) is 1. The molecule has 1 fully saturated rings. The summed E-state index contributed by atoms with van der Waals surface area (Å²) in [6.45, 7) is 12.7. The van der Waals surface area contributed by atoms with Crippen molar-refractivity contribution in [1.29, 1.82) is 5.26 Å². The zero-order valence-corrected chi connectivity index (χ0v) is 25.2. The van der Waals surface area contributed by atoms with Gasteiger partial charge in [-0.1, -0.05) is 81.4 Å². The van der Waals surface area contributed by atoms with E-state index in [0.717, 1.165) is 6.42 Å². The third-order valence-corrected chi connectivity index (χ3v) is 11.9. The molecule has 2 atom stereocenters. The van der Waals surface area contributed by atoms with E-state index in [2.05, 4.69) is 75.4 Å². The van der Waals surface area contributed by atoms with Crippen LogP contribution in [0.5, 0.6) is 0 Å². The number of amides is 1. The lowest BCUT2D eigenvalue weighted by Crippen LogP contribution is -2.67. The highest BCUT2D eigenvalue weighted by molar-refractivity contribution is 6.99. The minimum atomic E-state index is -2.78. The average molecular weight is 534 g/mol. The molecule has 0 aromatic heterocycles. The number of likely N-dealkylation sites (tertiary alicyclic amines) is 1. The minimum absolute atomic E-state index is 0.174. The number of benzene rings is 2. The van der Waals surface area contributed by atoms with Crippen LogP contribution in [-0.4, -0.2) is 62.6 Å². The molecule has 0 aliphatic carbocycles. The van der Waals surface area contributed by atoms with Crippen LogP contribution in [0.3, 0.4) is 0 Å². The molecule has 1 saturated heterocycles. The first-order chi connectivity index (χ1) is 17.8. The first-order valence-corrected chi connectivity index (χ1v) is 15.3. The van der Waals surface area contributed by atoms with E-state index in [1.54, 1.807) is 11.1 Å². The van der Waals surface area contributed by atoms with Crippen molar-refractivity contribution in [3.63, 3.8) is 0 Å². The van der Waals surface area contributed by atoms with E-state index in [9.17, 15) is 10.1 Å². The summed E-state index contributed by atoms with van der Waals surface area (Å²) in [5.41, 5.74) is -0.0973. The van der Waals surface area contributed by atoms with Gasteiger partial charge in [-0.3, -0.25) is 4.90 Å². The molecular weight excluding hydrogens is 490 g/mol. The normalized spacial score (nSPS) is 18.7. The average Bonchev–Trinajstić information content (AvgIpc) is 3.26. The van der Waals surface area contributed by atoms with Gasteiger partial charge in [0.2, 0.25) is 0 Å². The number of hydrogen-bond acceptors (Lipinski definition) is 5. The quantitative estimate of drug-likeness (QED) is 0.357. The van der Waals surface area contributed by atoms with Crippen LogP contribution in [0.25, 0.3) is 0 Å². The predicted molar refractivity (Wildman–Crippen MR) is 156 cm³/mol. The first-order valence-electron chi connectivity index (χ1n) is 13.3. The van der Waals surface area contributed by atoms with E-state index in [1.807, 2.05) is 51.9 Å². The van der Waals surface area contributed by atoms with Crippen molar-refractivity contribution < 1.29 is 14.0 Å². The fourth-order valence-electron chi connectivity index (χ4n) is 5.39. The lowest BCUT2D eigenvalue weighted by atomic mass is 10.1. The maximum absolute atomic E-state index is 13.6. The fourth-order valence-corrected chi connectivity index (χ4v) is 9.99. The second-order valence-corrected chi connectivity index (χ2v) is 16.6. The Morgan fingerprint density at radius 1 is 1.00 bits per heavy atom. The number of nitriles is 1. The molecule has 204 valence electrons. The first kappa shape index (κ1) is 29.5. The molecule has 1 heterocycles. The molecule has 3 rings (SSSR count). The molecule has 0 unspecified atom stereocenters. The van der Waals surface area contributed by atoms with Gasteiger partial charge >= 0.3 is 6.09 Å². The van der Waals surface area contributed by atoms with Crippen LogP contribution in [0.15, 0.2) is 72.4 Å². The zero-order valence-electron chi connectivity index (χ0n) is 24.2. The van der Waals surface area contributed by atoms with Crippen LogP contribution in [0.1, 0.15) is 54.4 Å². The smallest absolute Gasteiger partial charge is 0.411 e. The molecule has 2 aromatic rings. The van der Waals surface area contributed by atoms with Gasteiger partial charge in [-0.2, -0.15) is 5.26 Å². The molecule has 1 amide bonds. The minimum Gasteiger partial charge on any atom is -0.444 e. The van der Waals surface area contributed by atoms with Crippen LogP contribution >= 0.6 is 0 Å². The van der Waals surface area contributed by atoms with E-state index in [4.69, 9.17) is 9.16 Å². The number of nitrogens with zero attached hydrogens (tertiary/aromatic N) is 3. The Kier molecular flexibility index (Phi) is 9.12. The Morgan fingerprint density at radius 2 is 1.53 bits per heavy atom. The Hall–Kier alpha value is -3.08. The number of hydrogen-bond donors (Lipinski definition) is 0. The Labute approximate surface area is 230 Å².